The van der Waals surface area contributed by atoms with Gasteiger partial charge in [-0.3, -0.25) is 24.6 Å². The van der Waals surface area contributed by atoms with Crippen LogP contribution in [0.1, 0.15) is 61.4 Å². The minimum atomic E-state index is -0.463. The molecule has 3 heterocycles. The monoisotopic (exact) mass is 523 g/mol. The van der Waals surface area contributed by atoms with E-state index in [1.165, 1.54) is 5.57 Å². The van der Waals surface area contributed by atoms with E-state index in [1.807, 2.05) is 13.0 Å². The number of rotatable bonds is 3. The number of benzene rings is 2. The lowest BCUT2D eigenvalue weighted by Gasteiger charge is -2.28. The van der Waals surface area contributed by atoms with E-state index in [-0.39, 0.29) is 21.9 Å². The number of phenols is 1. The first-order valence-corrected chi connectivity index (χ1v) is 13.4. The maximum Gasteiger partial charge on any atom is 0.271 e. The van der Waals surface area contributed by atoms with Crippen LogP contribution in [0.15, 0.2) is 70.2 Å². The van der Waals surface area contributed by atoms with Gasteiger partial charge in [0.05, 0.1) is 21.8 Å². The minimum absolute atomic E-state index is 0.0708. The van der Waals surface area contributed by atoms with Gasteiger partial charge in [0.25, 0.3) is 11.5 Å². The average molecular weight is 524 g/mol. The molecule has 198 valence electrons. The predicted octanol–water partition coefficient (Wildman–Crippen LogP) is 3.64. The molecule has 39 heavy (non-hydrogen) atoms. The quantitative estimate of drug-likeness (QED) is 0.485. The maximum absolute atomic E-state index is 13.6. The predicted molar refractivity (Wildman–Crippen MR) is 148 cm³/mol. The van der Waals surface area contributed by atoms with Gasteiger partial charge in [0.1, 0.15) is 22.8 Å². The zero-order valence-electron chi connectivity index (χ0n) is 21.7. The summed E-state index contributed by atoms with van der Waals surface area (Å²) in [6.07, 6.45) is 7.16. The molecule has 2 aliphatic heterocycles. The summed E-state index contributed by atoms with van der Waals surface area (Å²) in [6, 6.07) is 13.9. The van der Waals surface area contributed by atoms with Gasteiger partial charge in [-0.05, 0) is 62.1 Å². The first-order valence-electron chi connectivity index (χ1n) is 13.4. The van der Waals surface area contributed by atoms with Crippen molar-refractivity contribution in [3.63, 3.8) is 0 Å². The summed E-state index contributed by atoms with van der Waals surface area (Å²) in [5, 5.41) is 16.4. The Bertz CT molecular complexity index is 1750. The normalized spacial score (nSPS) is 19.6. The van der Waals surface area contributed by atoms with E-state index in [0.717, 1.165) is 37.9 Å². The molecule has 0 atom stereocenters. The summed E-state index contributed by atoms with van der Waals surface area (Å²) in [6.45, 7) is 2.21. The molecule has 0 radical (unpaired) electrons. The fourth-order valence-electron chi connectivity index (χ4n) is 5.72. The number of aromatic amines is 2. The molecule has 3 N–H and O–H groups in total. The molecule has 0 fully saturated rings. The van der Waals surface area contributed by atoms with Gasteiger partial charge in [-0.2, -0.15) is 0 Å². The van der Waals surface area contributed by atoms with Crippen molar-refractivity contribution in [2.45, 2.75) is 45.4 Å². The Kier molecular flexibility index (Phi) is 6.30. The number of para-hydroxylation sites is 2. The molecule has 0 saturated heterocycles. The number of Topliss-reactive ketones (excluding diaryl/α,β-unsaturated/α-hetero) is 1. The number of H-pyrrole nitrogens is 2. The smallest absolute Gasteiger partial charge is 0.271 e. The molecule has 0 spiro atoms. The van der Waals surface area contributed by atoms with Crippen LogP contribution in [-0.2, 0) is 9.53 Å². The van der Waals surface area contributed by atoms with Crippen molar-refractivity contribution in [2.75, 3.05) is 11.4 Å². The Hall–Kier alpha value is -4.59. The Balaban J connectivity index is 1.60. The summed E-state index contributed by atoms with van der Waals surface area (Å²) in [5.74, 6) is 0.574. The van der Waals surface area contributed by atoms with Gasteiger partial charge in [-0.25, -0.2) is 0 Å². The van der Waals surface area contributed by atoms with Crippen molar-refractivity contribution in [3.8, 4) is 5.75 Å². The number of ether oxygens (including phenoxy) is 1. The number of nitrogens with zero attached hydrogens (tertiary/aromatic N) is 1. The van der Waals surface area contributed by atoms with Crippen molar-refractivity contribution >= 4 is 34.8 Å². The van der Waals surface area contributed by atoms with E-state index < -0.39 is 17.2 Å². The van der Waals surface area contributed by atoms with Gasteiger partial charge in [0.15, 0.2) is 0 Å². The fourth-order valence-corrected chi connectivity index (χ4v) is 5.72. The minimum Gasteiger partial charge on any atom is -0.507 e. The Morgan fingerprint density at radius 3 is 2.49 bits per heavy atom. The highest BCUT2D eigenvalue weighted by molar-refractivity contribution is 6.51. The molecule has 2 aromatic carbocycles. The summed E-state index contributed by atoms with van der Waals surface area (Å²) in [4.78, 5) is 41.8. The summed E-state index contributed by atoms with van der Waals surface area (Å²) >= 11 is 0. The number of carbonyl (C=O) groups is 2. The molecule has 0 bridgehead atoms. The van der Waals surface area contributed by atoms with E-state index in [9.17, 15) is 19.5 Å². The zero-order chi connectivity index (χ0) is 27.1. The second kappa shape index (κ2) is 9.94. The van der Waals surface area contributed by atoms with Crippen LogP contribution in [0, 0.1) is 0 Å². The molecule has 1 aromatic heterocycles. The number of allylic oxidation sites excluding steroid dienone is 3. The van der Waals surface area contributed by atoms with E-state index in [1.54, 1.807) is 53.4 Å². The van der Waals surface area contributed by atoms with Crippen LogP contribution < -0.4 is 21.0 Å². The Morgan fingerprint density at radius 1 is 0.949 bits per heavy atom. The highest BCUT2D eigenvalue weighted by Crippen LogP contribution is 2.41. The number of aromatic nitrogens is 2. The van der Waals surface area contributed by atoms with Crippen LogP contribution in [0.4, 0.5) is 5.69 Å². The van der Waals surface area contributed by atoms with Crippen molar-refractivity contribution in [3.05, 3.63) is 97.5 Å². The van der Waals surface area contributed by atoms with Crippen molar-refractivity contribution in [1.29, 1.82) is 0 Å². The SMILES string of the molecule is CCN1C(=O)/C(=c2\[nH][nH]c(=O)\c2=C/C2=C(c3ccccc3O)OC3=C(CCCCC3)C2)C(=O)c2ccccc21. The number of nitrogens with one attached hydrogen (secondary N) is 2. The number of hydrogen-bond acceptors (Lipinski definition) is 5. The van der Waals surface area contributed by atoms with Gasteiger partial charge in [-0.15, -0.1) is 0 Å². The Labute approximate surface area is 224 Å². The number of ketones is 1. The maximum atomic E-state index is 13.6. The lowest BCUT2D eigenvalue weighted by atomic mass is 9.92. The lowest BCUT2D eigenvalue weighted by molar-refractivity contribution is -0.113. The molecular weight excluding hydrogens is 494 g/mol. The van der Waals surface area contributed by atoms with Crippen LogP contribution in [0.2, 0.25) is 0 Å². The number of aromatic hydroxyl groups is 1. The molecule has 6 rings (SSSR count). The molecule has 3 aromatic rings. The van der Waals surface area contributed by atoms with Crippen LogP contribution in [-0.4, -0.2) is 33.5 Å². The highest BCUT2D eigenvalue weighted by atomic mass is 16.5. The molecule has 8 nitrogen and oxygen atoms in total. The number of carbonyl (C=O) groups excluding carboxylic acids is 2. The second-order valence-electron chi connectivity index (χ2n) is 10.0. The third kappa shape index (κ3) is 4.22. The summed E-state index contributed by atoms with van der Waals surface area (Å²) < 4.78 is 6.44. The zero-order valence-corrected chi connectivity index (χ0v) is 21.7. The summed E-state index contributed by atoms with van der Waals surface area (Å²) in [7, 11) is 0. The largest absolute Gasteiger partial charge is 0.507 e. The van der Waals surface area contributed by atoms with E-state index in [0.29, 0.717) is 41.1 Å². The first-order chi connectivity index (χ1) is 19.0. The Morgan fingerprint density at radius 2 is 1.69 bits per heavy atom. The van der Waals surface area contributed by atoms with Crippen LogP contribution in [0.5, 0.6) is 5.75 Å². The standard InChI is InChI=1S/C31H29N3O5/c1-2-34-23-13-8-6-11-20(23)28(36)26(31(34)38)27-22(30(37)33-32-27)17-19-16-18-10-4-3-5-15-25(18)39-29(19)21-12-7-9-14-24(21)35/h6-9,11-14,17,32,35H,2-5,10,15-16H2,1H3,(H,33,37)/b22-17-,27-26-. The van der Waals surface area contributed by atoms with Crippen LogP contribution >= 0.6 is 0 Å². The van der Waals surface area contributed by atoms with Crippen LogP contribution in [0.3, 0.4) is 0 Å². The molecule has 8 heteroatoms. The number of phenolic OH excluding ortho intramolecular Hbond substituents is 1. The van der Waals surface area contributed by atoms with Crippen LogP contribution in [0.25, 0.3) is 17.4 Å². The molecule has 3 aliphatic rings. The van der Waals surface area contributed by atoms with E-state index in [4.69, 9.17) is 4.74 Å². The van der Waals surface area contributed by atoms with Crippen molar-refractivity contribution in [1.82, 2.24) is 10.2 Å². The second-order valence-corrected chi connectivity index (χ2v) is 10.0. The first kappa shape index (κ1) is 24.7. The molecule has 0 saturated carbocycles. The van der Waals surface area contributed by atoms with Gasteiger partial charge in [0, 0.05) is 30.5 Å². The van der Waals surface area contributed by atoms with Gasteiger partial charge < -0.3 is 14.7 Å². The molecule has 1 aliphatic carbocycles. The molecule has 1 amide bonds. The number of amides is 1. The fraction of sp³-hybridized carbons (Fsp3) is 0.258. The number of anilines is 1. The van der Waals surface area contributed by atoms with E-state index >= 15 is 0 Å². The lowest BCUT2D eigenvalue weighted by Crippen LogP contribution is -2.45. The number of hydrogen-bond donors (Lipinski definition) is 3. The molecule has 0 unspecified atom stereocenters. The van der Waals surface area contributed by atoms with Gasteiger partial charge in [-0.1, -0.05) is 30.7 Å². The summed E-state index contributed by atoms with van der Waals surface area (Å²) in [5.41, 5.74) is 2.82. The van der Waals surface area contributed by atoms with Crippen molar-refractivity contribution in [2.24, 2.45) is 0 Å². The topological polar surface area (TPSA) is 115 Å². The van der Waals surface area contributed by atoms with Gasteiger partial charge >= 0.3 is 0 Å². The van der Waals surface area contributed by atoms with Crippen molar-refractivity contribution < 1.29 is 19.4 Å². The van der Waals surface area contributed by atoms with Gasteiger partial charge in [0.2, 0.25) is 5.78 Å². The third-order valence-corrected chi connectivity index (χ3v) is 7.67. The average Bonchev–Trinajstić information content (AvgIpc) is 3.14. The molecular formula is C31H29N3O5. The highest BCUT2D eigenvalue weighted by Gasteiger charge is 2.35. The number of fused-ring (bicyclic) bond motifs is 1. The third-order valence-electron chi connectivity index (χ3n) is 7.67. The van der Waals surface area contributed by atoms with E-state index in [2.05, 4.69) is 10.2 Å².